The van der Waals surface area contributed by atoms with Gasteiger partial charge >= 0.3 is 0 Å². The predicted molar refractivity (Wildman–Crippen MR) is 71.4 cm³/mol. The lowest BCUT2D eigenvalue weighted by Crippen LogP contribution is -2.33. The summed E-state index contributed by atoms with van der Waals surface area (Å²) >= 11 is 3.43. The Bertz CT molecular complexity index is 464. The normalized spacial score (nSPS) is 21.2. The molecular formula is C13H16BrNO3. The molecule has 1 fully saturated rings. The average Bonchev–Trinajstić information content (AvgIpc) is 2.69. The van der Waals surface area contributed by atoms with Crippen molar-refractivity contribution >= 4 is 21.8 Å². The van der Waals surface area contributed by atoms with Crippen molar-refractivity contribution in [1.82, 2.24) is 4.90 Å². The van der Waals surface area contributed by atoms with Crippen LogP contribution in [0.2, 0.25) is 0 Å². The van der Waals surface area contributed by atoms with Crippen molar-refractivity contribution in [3.05, 3.63) is 28.2 Å². The van der Waals surface area contributed by atoms with E-state index in [0.717, 1.165) is 15.8 Å². The molecule has 1 aliphatic heterocycles. The molecule has 18 heavy (non-hydrogen) atoms. The molecule has 1 N–H and O–H groups in total. The van der Waals surface area contributed by atoms with Crippen LogP contribution in [0.4, 0.5) is 0 Å². The maximum absolute atomic E-state index is 11.5. The number of halogens is 1. The molecule has 98 valence electrons. The van der Waals surface area contributed by atoms with Gasteiger partial charge in [-0.1, -0.05) is 22.0 Å². The molecule has 0 aliphatic carbocycles. The monoisotopic (exact) mass is 313 g/mol. The minimum atomic E-state index is -0.679. The molecule has 1 saturated heterocycles. The van der Waals surface area contributed by atoms with Crippen molar-refractivity contribution in [3.63, 3.8) is 0 Å². The quantitative estimate of drug-likeness (QED) is 0.930. The van der Waals surface area contributed by atoms with Crippen LogP contribution in [0.25, 0.3) is 0 Å². The van der Waals surface area contributed by atoms with Crippen molar-refractivity contribution < 1.29 is 14.6 Å². The Labute approximate surface area is 115 Å². The molecule has 1 aromatic carbocycles. The van der Waals surface area contributed by atoms with Crippen molar-refractivity contribution in [3.8, 4) is 5.75 Å². The summed E-state index contributed by atoms with van der Waals surface area (Å²) in [5.41, 5.74) is 0.780. The Balaban J connectivity index is 2.23. The number of ether oxygens (including phenoxy) is 1. The molecule has 1 amide bonds. The molecule has 1 aliphatic rings. The summed E-state index contributed by atoms with van der Waals surface area (Å²) in [6.45, 7) is 0. The van der Waals surface area contributed by atoms with Gasteiger partial charge in [-0.2, -0.15) is 0 Å². The van der Waals surface area contributed by atoms with E-state index in [-0.39, 0.29) is 11.9 Å². The van der Waals surface area contributed by atoms with Crippen LogP contribution in [0, 0.1) is 0 Å². The van der Waals surface area contributed by atoms with Crippen molar-refractivity contribution in [2.75, 3.05) is 14.2 Å². The molecule has 1 heterocycles. The number of rotatable bonds is 3. The molecule has 0 unspecified atom stereocenters. The molecule has 0 radical (unpaired) electrons. The van der Waals surface area contributed by atoms with Crippen LogP contribution in [-0.2, 0) is 4.79 Å². The summed E-state index contributed by atoms with van der Waals surface area (Å²) in [6.07, 6.45) is 0.516. The number of carbonyl (C=O) groups is 1. The maximum atomic E-state index is 11.5. The van der Waals surface area contributed by atoms with Gasteiger partial charge in [0.25, 0.3) is 0 Å². The number of carbonyl (C=O) groups excluding carboxylic acids is 1. The zero-order valence-electron chi connectivity index (χ0n) is 10.4. The van der Waals surface area contributed by atoms with Crippen molar-refractivity contribution in [2.24, 2.45) is 0 Å². The van der Waals surface area contributed by atoms with Gasteiger partial charge in [0.2, 0.25) is 5.91 Å². The third-order valence-corrected chi connectivity index (χ3v) is 4.12. The largest absolute Gasteiger partial charge is 0.497 e. The molecule has 0 bridgehead atoms. The van der Waals surface area contributed by atoms with Gasteiger partial charge in [-0.15, -0.1) is 0 Å². The van der Waals surface area contributed by atoms with Crippen LogP contribution < -0.4 is 4.74 Å². The predicted octanol–water partition coefficient (Wildman–Crippen LogP) is 2.11. The highest BCUT2D eigenvalue weighted by molar-refractivity contribution is 9.10. The van der Waals surface area contributed by atoms with Crippen LogP contribution in [0.1, 0.15) is 24.5 Å². The van der Waals surface area contributed by atoms with E-state index in [0.29, 0.717) is 12.8 Å². The Morgan fingerprint density at radius 3 is 2.78 bits per heavy atom. The second-order valence-corrected chi connectivity index (χ2v) is 5.30. The summed E-state index contributed by atoms with van der Waals surface area (Å²) in [4.78, 5) is 13.1. The van der Waals surface area contributed by atoms with Crippen molar-refractivity contribution in [2.45, 2.75) is 25.0 Å². The first-order chi connectivity index (χ1) is 8.54. The number of nitrogens with zero attached hydrogens (tertiary/aromatic N) is 1. The van der Waals surface area contributed by atoms with Gasteiger partial charge in [-0.3, -0.25) is 4.79 Å². The van der Waals surface area contributed by atoms with E-state index in [9.17, 15) is 9.90 Å². The fourth-order valence-electron chi connectivity index (χ4n) is 2.28. The molecule has 2 rings (SSSR count). The number of hydrogen-bond acceptors (Lipinski definition) is 3. The Hall–Kier alpha value is -1.07. The summed E-state index contributed by atoms with van der Waals surface area (Å²) in [7, 11) is 3.34. The van der Waals surface area contributed by atoms with E-state index in [2.05, 4.69) is 15.9 Å². The molecular weight excluding hydrogens is 298 g/mol. The van der Waals surface area contributed by atoms with Gasteiger partial charge < -0.3 is 14.7 Å². The van der Waals surface area contributed by atoms with Crippen LogP contribution in [-0.4, -0.2) is 36.1 Å². The SMILES string of the molecule is COc1ccc([C@@H](O)[C@@H]2CCC(=O)N2C)c(Br)c1. The third kappa shape index (κ3) is 2.37. The number of methoxy groups -OCH3 is 1. The number of likely N-dealkylation sites (N-methyl/N-ethyl adjacent to an activating group) is 1. The second-order valence-electron chi connectivity index (χ2n) is 4.44. The highest BCUT2D eigenvalue weighted by Gasteiger charge is 2.34. The molecule has 1 aromatic rings. The van der Waals surface area contributed by atoms with Gasteiger partial charge in [0.05, 0.1) is 13.2 Å². The van der Waals surface area contributed by atoms with E-state index in [4.69, 9.17) is 4.74 Å². The second kappa shape index (κ2) is 5.28. The van der Waals surface area contributed by atoms with E-state index in [1.807, 2.05) is 12.1 Å². The number of aliphatic hydroxyl groups excluding tert-OH is 1. The van der Waals surface area contributed by atoms with Crippen LogP contribution >= 0.6 is 15.9 Å². The fraction of sp³-hybridized carbons (Fsp3) is 0.462. The number of benzene rings is 1. The highest BCUT2D eigenvalue weighted by Crippen LogP contribution is 2.34. The number of amides is 1. The van der Waals surface area contributed by atoms with Crippen LogP contribution in [0.15, 0.2) is 22.7 Å². The molecule has 4 nitrogen and oxygen atoms in total. The zero-order chi connectivity index (χ0) is 13.3. The Morgan fingerprint density at radius 1 is 1.56 bits per heavy atom. The summed E-state index contributed by atoms with van der Waals surface area (Å²) < 4.78 is 5.91. The lowest BCUT2D eigenvalue weighted by molar-refractivity contribution is -0.128. The zero-order valence-corrected chi connectivity index (χ0v) is 12.0. The first-order valence-electron chi connectivity index (χ1n) is 5.81. The average molecular weight is 314 g/mol. The number of aliphatic hydroxyl groups is 1. The number of likely N-dealkylation sites (tertiary alicyclic amines) is 1. The molecule has 5 heteroatoms. The molecule has 0 saturated carbocycles. The Morgan fingerprint density at radius 2 is 2.28 bits per heavy atom. The highest BCUT2D eigenvalue weighted by atomic mass is 79.9. The lowest BCUT2D eigenvalue weighted by Gasteiger charge is -2.26. The summed E-state index contributed by atoms with van der Waals surface area (Å²) in [5, 5.41) is 10.4. The first-order valence-corrected chi connectivity index (χ1v) is 6.61. The van der Waals surface area contributed by atoms with Gasteiger partial charge in [0.15, 0.2) is 0 Å². The van der Waals surface area contributed by atoms with Gasteiger partial charge in [-0.05, 0) is 24.1 Å². The minimum Gasteiger partial charge on any atom is -0.497 e. The summed E-state index contributed by atoms with van der Waals surface area (Å²) in [5.74, 6) is 0.817. The van der Waals surface area contributed by atoms with E-state index in [1.165, 1.54) is 0 Å². The van der Waals surface area contributed by atoms with Gasteiger partial charge in [0.1, 0.15) is 11.9 Å². The standard InChI is InChI=1S/C13H16BrNO3/c1-15-11(5-6-12(15)16)13(17)9-4-3-8(18-2)7-10(9)14/h3-4,7,11,13,17H,5-6H2,1-2H3/t11-,13+/m0/s1. The van der Waals surface area contributed by atoms with Gasteiger partial charge in [-0.25, -0.2) is 0 Å². The minimum absolute atomic E-state index is 0.0867. The van der Waals surface area contributed by atoms with Crippen LogP contribution in [0.3, 0.4) is 0 Å². The summed E-state index contributed by atoms with van der Waals surface area (Å²) in [6, 6.07) is 5.29. The van der Waals surface area contributed by atoms with Crippen molar-refractivity contribution in [1.29, 1.82) is 0 Å². The molecule has 0 spiro atoms. The maximum Gasteiger partial charge on any atom is 0.222 e. The molecule has 0 aromatic heterocycles. The smallest absolute Gasteiger partial charge is 0.222 e. The number of hydrogen-bond donors (Lipinski definition) is 1. The topological polar surface area (TPSA) is 49.8 Å². The van der Waals surface area contributed by atoms with Gasteiger partial charge in [0, 0.05) is 17.9 Å². The van der Waals surface area contributed by atoms with E-state index < -0.39 is 6.10 Å². The first kappa shape index (κ1) is 13.4. The molecule has 2 atom stereocenters. The van der Waals surface area contributed by atoms with E-state index in [1.54, 1.807) is 25.1 Å². The third-order valence-electron chi connectivity index (χ3n) is 3.44. The Kier molecular flexibility index (Phi) is 3.92. The fourth-order valence-corrected chi connectivity index (χ4v) is 2.87. The lowest BCUT2D eigenvalue weighted by atomic mass is 10.0. The van der Waals surface area contributed by atoms with Crippen LogP contribution in [0.5, 0.6) is 5.75 Å². The van der Waals surface area contributed by atoms with E-state index >= 15 is 0 Å².